The number of hydrazone groups is 1. The minimum Gasteiger partial charge on any atom is -0.454 e. The van der Waals surface area contributed by atoms with Gasteiger partial charge in [-0.15, -0.1) is 0 Å². The van der Waals surface area contributed by atoms with Gasteiger partial charge in [0.15, 0.2) is 5.76 Å². The van der Waals surface area contributed by atoms with Crippen molar-refractivity contribution in [2.45, 2.75) is 6.54 Å². The van der Waals surface area contributed by atoms with Gasteiger partial charge in [0.1, 0.15) is 17.0 Å². The largest absolute Gasteiger partial charge is 0.454 e. The van der Waals surface area contributed by atoms with Crippen molar-refractivity contribution in [3.63, 3.8) is 0 Å². The van der Waals surface area contributed by atoms with Crippen LogP contribution in [0.5, 0.6) is 0 Å². The Balaban J connectivity index is 1.47. The van der Waals surface area contributed by atoms with Crippen LogP contribution in [-0.4, -0.2) is 26.9 Å². The number of aromatic amines is 1. The molecule has 0 fully saturated rings. The highest BCUT2D eigenvalue weighted by Crippen LogP contribution is 2.28. The van der Waals surface area contributed by atoms with E-state index in [1.807, 2.05) is 71.5 Å². The van der Waals surface area contributed by atoms with E-state index in [1.54, 1.807) is 24.5 Å². The fourth-order valence-electron chi connectivity index (χ4n) is 3.37. The molecule has 5 aromatic rings. The number of aromatic nitrogens is 3. The van der Waals surface area contributed by atoms with E-state index in [9.17, 15) is 4.79 Å². The first-order valence-corrected chi connectivity index (χ1v) is 9.83. The first-order chi connectivity index (χ1) is 15.3. The normalized spacial score (nSPS) is 11.4. The number of benzene rings is 2. The Kier molecular flexibility index (Phi) is 4.90. The Morgan fingerprint density at radius 3 is 2.74 bits per heavy atom. The fraction of sp³-hybridized carbons (Fsp3) is 0.0417. The van der Waals surface area contributed by atoms with Gasteiger partial charge in [-0.05, 0) is 29.8 Å². The number of amides is 1. The summed E-state index contributed by atoms with van der Waals surface area (Å²) >= 11 is 0. The van der Waals surface area contributed by atoms with Crippen molar-refractivity contribution in [3.05, 3.63) is 102 Å². The molecule has 0 aliphatic rings. The smallest absolute Gasteiger partial charge is 0.287 e. The SMILES string of the molecule is O=C(N/N=C\c1cn(Cc2ccccc2)nc1-c1cc2ccccc2o1)c1ccc[nH]1. The van der Waals surface area contributed by atoms with E-state index in [-0.39, 0.29) is 5.91 Å². The van der Waals surface area contributed by atoms with Crippen LogP contribution in [0.25, 0.3) is 22.4 Å². The van der Waals surface area contributed by atoms with Crippen LogP contribution in [0, 0.1) is 0 Å². The molecule has 0 radical (unpaired) electrons. The molecule has 0 aliphatic carbocycles. The van der Waals surface area contributed by atoms with E-state index in [1.165, 1.54) is 0 Å². The summed E-state index contributed by atoms with van der Waals surface area (Å²) < 4.78 is 7.85. The third-order valence-electron chi connectivity index (χ3n) is 4.85. The summed E-state index contributed by atoms with van der Waals surface area (Å²) in [5.74, 6) is 0.327. The molecule has 31 heavy (non-hydrogen) atoms. The van der Waals surface area contributed by atoms with Gasteiger partial charge in [-0.1, -0.05) is 48.5 Å². The summed E-state index contributed by atoms with van der Waals surface area (Å²) in [6, 6.07) is 23.3. The molecular weight excluding hydrogens is 390 g/mol. The summed E-state index contributed by atoms with van der Waals surface area (Å²) in [6.07, 6.45) is 5.16. The van der Waals surface area contributed by atoms with Crippen LogP contribution in [0.3, 0.4) is 0 Å². The van der Waals surface area contributed by atoms with Crippen LogP contribution in [0.4, 0.5) is 0 Å². The van der Waals surface area contributed by atoms with Gasteiger partial charge in [0.25, 0.3) is 5.91 Å². The average Bonchev–Trinajstić information content (AvgIpc) is 3.54. The van der Waals surface area contributed by atoms with E-state index in [0.717, 1.165) is 22.1 Å². The number of nitrogens with zero attached hydrogens (tertiary/aromatic N) is 3. The van der Waals surface area contributed by atoms with Crippen LogP contribution >= 0.6 is 0 Å². The first-order valence-electron chi connectivity index (χ1n) is 9.83. The van der Waals surface area contributed by atoms with Crippen LogP contribution in [-0.2, 0) is 6.54 Å². The van der Waals surface area contributed by atoms with E-state index < -0.39 is 0 Å². The summed E-state index contributed by atoms with van der Waals surface area (Å²) in [6.45, 7) is 0.608. The second kappa shape index (κ2) is 8.16. The lowest BCUT2D eigenvalue weighted by molar-refractivity contribution is 0.0951. The number of hydrogen-bond acceptors (Lipinski definition) is 4. The van der Waals surface area contributed by atoms with E-state index in [0.29, 0.717) is 23.7 Å². The predicted molar refractivity (Wildman–Crippen MR) is 119 cm³/mol. The topological polar surface area (TPSA) is 88.2 Å². The summed E-state index contributed by atoms with van der Waals surface area (Å²) in [4.78, 5) is 15.0. The van der Waals surface area contributed by atoms with Crippen molar-refractivity contribution >= 4 is 23.1 Å². The maximum Gasteiger partial charge on any atom is 0.287 e. The zero-order chi connectivity index (χ0) is 21.0. The number of carbonyl (C=O) groups excluding carboxylic acids is 1. The number of hydrogen-bond donors (Lipinski definition) is 2. The van der Waals surface area contributed by atoms with Gasteiger partial charge in [0, 0.05) is 23.3 Å². The van der Waals surface area contributed by atoms with Crippen molar-refractivity contribution in [2.75, 3.05) is 0 Å². The predicted octanol–water partition coefficient (Wildman–Crippen LogP) is 4.44. The molecule has 0 aliphatic heterocycles. The molecule has 0 unspecified atom stereocenters. The highest BCUT2D eigenvalue weighted by atomic mass is 16.3. The third-order valence-corrected chi connectivity index (χ3v) is 4.85. The van der Waals surface area contributed by atoms with Crippen molar-refractivity contribution in [3.8, 4) is 11.5 Å². The van der Waals surface area contributed by atoms with Crippen molar-refractivity contribution in [2.24, 2.45) is 5.10 Å². The number of rotatable bonds is 6. The summed E-state index contributed by atoms with van der Waals surface area (Å²) in [5.41, 5.74) is 6.28. The van der Waals surface area contributed by atoms with Crippen molar-refractivity contribution < 1.29 is 9.21 Å². The molecule has 7 nitrogen and oxygen atoms in total. The molecule has 3 heterocycles. The van der Waals surface area contributed by atoms with Crippen LogP contribution in [0.15, 0.2) is 94.7 Å². The van der Waals surface area contributed by atoms with Crippen LogP contribution < -0.4 is 5.43 Å². The minimum atomic E-state index is -0.316. The molecule has 7 heteroatoms. The lowest BCUT2D eigenvalue weighted by atomic mass is 10.2. The quantitative estimate of drug-likeness (QED) is 0.321. The molecule has 0 atom stereocenters. The molecule has 0 saturated heterocycles. The highest BCUT2D eigenvalue weighted by molar-refractivity contribution is 5.94. The lowest BCUT2D eigenvalue weighted by Crippen LogP contribution is -2.17. The Labute approximate surface area is 178 Å². The van der Waals surface area contributed by atoms with Gasteiger partial charge in [-0.2, -0.15) is 10.2 Å². The number of nitrogens with one attached hydrogen (secondary N) is 2. The maximum atomic E-state index is 12.1. The molecule has 2 aromatic carbocycles. The Bertz CT molecular complexity index is 1310. The monoisotopic (exact) mass is 409 g/mol. The molecule has 3 aromatic heterocycles. The second-order valence-electron chi connectivity index (χ2n) is 7.05. The lowest BCUT2D eigenvalue weighted by Gasteiger charge is -2.00. The number of furan rings is 1. The number of carbonyl (C=O) groups is 1. The van der Waals surface area contributed by atoms with Gasteiger partial charge in [-0.3, -0.25) is 9.48 Å². The summed E-state index contributed by atoms with van der Waals surface area (Å²) in [5, 5.41) is 9.85. The number of fused-ring (bicyclic) bond motifs is 1. The second-order valence-corrected chi connectivity index (χ2v) is 7.05. The molecule has 0 saturated carbocycles. The molecule has 0 bridgehead atoms. The van der Waals surface area contributed by atoms with E-state index >= 15 is 0 Å². The third kappa shape index (κ3) is 4.02. The van der Waals surface area contributed by atoms with Gasteiger partial charge in [0.2, 0.25) is 0 Å². The molecule has 1 amide bonds. The summed E-state index contributed by atoms with van der Waals surface area (Å²) in [7, 11) is 0. The van der Waals surface area contributed by atoms with Crippen LogP contribution in [0.1, 0.15) is 21.6 Å². The number of para-hydroxylation sites is 1. The fourth-order valence-corrected chi connectivity index (χ4v) is 3.37. The van der Waals surface area contributed by atoms with Gasteiger partial charge in [-0.25, -0.2) is 5.43 Å². The molecule has 152 valence electrons. The number of H-pyrrole nitrogens is 1. The Morgan fingerprint density at radius 1 is 1.10 bits per heavy atom. The van der Waals surface area contributed by atoms with Gasteiger partial charge < -0.3 is 9.40 Å². The molecule has 2 N–H and O–H groups in total. The minimum absolute atomic E-state index is 0.316. The van der Waals surface area contributed by atoms with Gasteiger partial charge in [0.05, 0.1) is 12.8 Å². The molecule has 5 rings (SSSR count). The molecule has 0 spiro atoms. The highest BCUT2D eigenvalue weighted by Gasteiger charge is 2.15. The van der Waals surface area contributed by atoms with Gasteiger partial charge >= 0.3 is 0 Å². The maximum absolute atomic E-state index is 12.1. The molecular formula is C24H19N5O2. The standard InChI is InChI=1S/C24H19N5O2/c30-24(20-10-6-12-25-20)27-26-14-19-16-29(15-17-7-2-1-3-8-17)28-23(19)22-13-18-9-4-5-11-21(18)31-22/h1-14,16,25H,15H2,(H,27,30)/b26-14-. The Morgan fingerprint density at radius 2 is 1.94 bits per heavy atom. The Hall–Kier alpha value is -4.39. The van der Waals surface area contributed by atoms with E-state index in [2.05, 4.69) is 15.5 Å². The average molecular weight is 409 g/mol. The zero-order valence-corrected chi connectivity index (χ0v) is 16.5. The zero-order valence-electron chi connectivity index (χ0n) is 16.5. The van der Waals surface area contributed by atoms with E-state index in [4.69, 9.17) is 9.52 Å². The van der Waals surface area contributed by atoms with Crippen LogP contribution in [0.2, 0.25) is 0 Å². The van der Waals surface area contributed by atoms with Crippen molar-refractivity contribution in [1.29, 1.82) is 0 Å². The first kappa shape index (κ1) is 18.6. The van der Waals surface area contributed by atoms with Crippen molar-refractivity contribution in [1.82, 2.24) is 20.2 Å².